The summed E-state index contributed by atoms with van der Waals surface area (Å²) < 4.78 is 33.1. The summed E-state index contributed by atoms with van der Waals surface area (Å²) in [5, 5.41) is 3.74. The van der Waals surface area contributed by atoms with Crippen molar-refractivity contribution in [2.24, 2.45) is 0 Å². The van der Waals surface area contributed by atoms with E-state index in [9.17, 15) is 13.6 Å². The van der Waals surface area contributed by atoms with Crippen LogP contribution in [-0.2, 0) is 11.2 Å². The molecule has 1 amide bonds. The molecular formula is C21H15F2N3O2. The third-order valence-corrected chi connectivity index (χ3v) is 4.24. The van der Waals surface area contributed by atoms with Crippen molar-refractivity contribution in [2.75, 3.05) is 5.32 Å². The second kappa shape index (κ2) is 7.56. The third-order valence-electron chi connectivity index (χ3n) is 4.24. The second-order valence-electron chi connectivity index (χ2n) is 6.14. The molecule has 0 radical (unpaired) electrons. The molecule has 0 atom stereocenters. The Morgan fingerprint density at radius 2 is 1.75 bits per heavy atom. The highest BCUT2D eigenvalue weighted by Gasteiger charge is 2.16. The molecule has 5 nitrogen and oxygen atoms in total. The van der Waals surface area contributed by atoms with Crippen molar-refractivity contribution in [3.05, 3.63) is 78.4 Å². The maximum Gasteiger partial charge on any atom is 0.224 e. The quantitative estimate of drug-likeness (QED) is 0.544. The zero-order valence-corrected chi connectivity index (χ0v) is 14.7. The van der Waals surface area contributed by atoms with E-state index in [1.165, 1.54) is 12.3 Å². The average molecular weight is 379 g/mol. The number of oxazole rings is 1. The van der Waals surface area contributed by atoms with Gasteiger partial charge in [-0.15, -0.1) is 0 Å². The van der Waals surface area contributed by atoms with Gasteiger partial charge >= 0.3 is 0 Å². The van der Waals surface area contributed by atoms with E-state index < -0.39 is 11.6 Å². The summed E-state index contributed by atoms with van der Waals surface area (Å²) in [6.45, 7) is 0. The number of amides is 1. The highest BCUT2D eigenvalue weighted by atomic mass is 19.1. The standard InChI is InChI=1S/C21H15F2N3O2/c22-14-6-2-7-15(23)20(14)17-12-25-19(28-17)10-9-18(27)26-16-8-1-4-13-5-3-11-24-21(13)16/h1-8,11-12H,9-10H2,(H,26,27). The molecule has 0 spiro atoms. The van der Waals surface area contributed by atoms with Crippen molar-refractivity contribution in [2.45, 2.75) is 12.8 Å². The van der Waals surface area contributed by atoms with Gasteiger partial charge in [0.05, 0.1) is 23.0 Å². The van der Waals surface area contributed by atoms with Gasteiger partial charge in [-0.2, -0.15) is 0 Å². The Morgan fingerprint density at radius 3 is 2.57 bits per heavy atom. The second-order valence-corrected chi connectivity index (χ2v) is 6.14. The van der Waals surface area contributed by atoms with E-state index in [1.54, 1.807) is 12.3 Å². The normalized spacial score (nSPS) is 10.9. The van der Waals surface area contributed by atoms with Crippen LogP contribution >= 0.6 is 0 Å². The number of aromatic nitrogens is 2. The lowest BCUT2D eigenvalue weighted by atomic mass is 10.1. The first kappa shape index (κ1) is 17.8. The van der Waals surface area contributed by atoms with E-state index in [2.05, 4.69) is 15.3 Å². The number of carbonyl (C=O) groups is 1. The van der Waals surface area contributed by atoms with E-state index in [4.69, 9.17) is 4.42 Å². The Kier molecular flexibility index (Phi) is 4.80. The Bertz CT molecular complexity index is 1130. The number of benzene rings is 2. The smallest absolute Gasteiger partial charge is 0.224 e. The van der Waals surface area contributed by atoms with Crippen molar-refractivity contribution in [3.63, 3.8) is 0 Å². The van der Waals surface area contributed by atoms with Gasteiger partial charge in [0.25, 0.3) is 0 Å². The Balaban J connectivity index is 1.44. The number of fused-ring (bicyclic) bond motifs is 1. The molecule has 2 aromatic heterocycles. The first-order chi connectivity index (χ1) is 13.6. The molecule has 0 unspecified atom stereocenters. The molecule has 0 aliphatic heterocycles. The van der Waals surface area contributed by atoms with Crippen molar-refractivity contribution < 1.29 is 18.0 Å². The molecule has 4 aromatic rings. The molecule has 2 aromatic carbocycles. The zero-order valence-electron chi connectivity index (χ0n) is 14.7. The largest absolute Gasteiger partial charge is 0.441 e. The molecular weight excluding hydrogens is 364 g/mol. The summed E-state index contributed by atoms with van der Waals surface area (Å²) in [5.41, 5.74) is 1.05. The maximum atomic E-state index is 13.8. The van der Waals surface area contributed by atoms with Crippen LogP contribution in [-0.4, -0.2) is 15.9 Å². The molecule has 0 aliphatic rings. The average Bonchev–Trinajstić information content (AvgIpc) is 3.15. The lowest BCUT2D eigenvalue weighted by molar-refractivity contribution is -0.116. The van der Waals surface area contributed by atoms with E-state index >= 15 is 0 Å². The minimum absolute atomic E-state index is 0.00994. The Hall–Kier alpha value is -3.61. The number of carbonyl (C=O) groups excluding carboxylic acids is 1. The highest BCUT2D eigenvalue weighted by molar-refractivity contribution is 6.00. The summed E-state index contributed by atoms with van der Waals surface area (Å²) >= 11 is 0. The third kappa shape index (κ3) is 3.59. The molecule has 0 saturated heterocycles. The van der Waals surface area contributed by atoms with Gasteiger partial charge in [0.15, 0.2) is 11.7 Å². The fourth-order valence-electron chi connectivity index (χ4n) is 2.91. The minimum Gasteiger partial charge on any atom is -0.441 e. The molecule has 1 N–H and O–H groups in total. The van der Waals surface area contributed by atoms with Gasteiger partial charge in [-0.1, -0.05) is 24.3 Å². The van der Waals surface area contributed by atoms with Gasteiger partial charge in [0, 0.05) is 24.4 Å². The SMILES string of the molecule is O=C(CCc1ncc(-c2c(F)cccc2F)o1)Nc1cccc2cccnc12. The maximum absolute atomic E-state index is 13.8. The summed E-state index contributed by atoms with van der Waals surface area (Å²) in [7, 11) is 0. The van der Waals surface area contributed by atoms with Crippen molar-refractivity contribution in [1.82, 2.24) is 9.97 Å². The van der Waals surface area contributed by atoms with Crippen LogP contribution in [0.5, 0.6) is 0 Å². The van der Waals surface area contributed by atoms with E-state index in [1.807, 2.05) is 24.3 Å². The zero-order chi connectivity index (χ0) is 19.5. The molecule has 0 aliphatic carbocycles. The number of rotatable bonds is 5. The number of pyridine rings is 1. The van der Waals surface area contributed by atoms with Gasteiger partial charge in [-0.05, 0) is 24.3 Å². The van der Waals surface area contributed by atoms with Crippen LogP contribution < -0.4 is 5.32 Å². The van der Waals surface area contributed by atoms with Gasteiger partial charge in [-0.25, -0.2) is 13.8 Å². The van der Waals surface area contributed by atoms with Crippen molar-refractivity contribution in [3.8, 4) is 11.3 Å². The van der Waals surface area contributed by atoms with Crippen LogP contribution in [0, 0.1) is 11.6 Å². The fourth-order valence-corrected chi connectivity index (χ4v) is 2.91. The first-order valence-electron chi connectivity index (χ1n) is 8.64. The van der Waals surface area contributed by atoms with Crippen LogP contribution in [0.4, 0.5) is 14.5 Å². The van der Waals surface area contributed by atoms with Crippen LogP contribution in [0.25, 0.3) is 22.2 Å². The molecule has 140 valence electrons. The van der Waals surface area contributed by atoms with E-state index in [-0.39, 0.29) is 36.0 Å². The fraction of sp³-hybridized carbons (Fsp3) is 0.0952. The number of hydrogen-bond acceptors (Lipinski definition) is 4. The number of hydrogen-bond donors (Lipinski definition) is 1. The number of anilines is 1. The molecule has 0 bridgehead atoms. The van der Waals surface area contributed by atoms with Crippen LogP contribution in [0.2, 0.25) is 0 Å². The number of halogens is 2. The molecule has 28 heavy (non-hydrogen) atoms. The van der Waals surface area contributed by atoms with E-state index in [0.717, 1.165) is 17.5 Å². The summed E-state index contributed by atoms with van der Waals surface area (Å²) in [6.07, 6.45) is 3.21. The predicted molar refractivity (Wildman–Crippen MR) is 101 cm³/mol. The van der Waals surface area contributed by atoms with Gasteiger partial charge in [-0.3, -0.25) is 9.78 Å². The van der Waals surface area contributed by atoms with Crippen LogP contribution in [0.3, 0.4) is 0 Å². The number of para-hydroxylation sites is 1. The van der Waals surface area contributed by atoms with Gasteiger partial charge < -0.3 is 9.73 Å². The predicted octanol–water partition coefficient (Wildman–Crippen LogP) is 4.74. The van der Waals surface area contributed by atoms with Gasteiger partial charge in [0.1, 0.15) is 11.6 Å². The monoisotopic (exact) mass is 379 g/mol. The Labute approximate surface area is 159 Å². The number of nitrogens with zero attached hydrogens (tertiary/aromatic N) is 2. The van der Waals surface area contributed by atoms with E-state index in [0.29, 0.717) is 11.2 Å². The molecule has 4 rings (SSSR count). The lowest BCUT2D eigenvalue weighted by Crippen LogP contribution is -2.12. The topological polar surface area (TPSA) is 68.0 Å². The number of nitrogens with one attached hydrogen (secondary N) is 1. The van der Waals surface area contributed by atoms with Crippen LogP contribution in [0.15, 0.2) is 65.3 Å². The summed E-state index contributed by atoms with van der Waals surface area (Å²) in [5.74, 6) is -1.49. The highest BCUT2D eigenvalue weighted by Crippen LogP contribution is 2.27. The molecule has 0 saturated carbocycles. The molecule has 2 heterocycles. The lowest BCUT2D eigenvalue weighted by Gasteiger charge is -2.07. The first-order valence-corrected chi connectivity index (χ1v) is 8.64. The van der Waals surface area contributed by atoms with Gasteiger partial charge in [0.2, 0.25) is 5.91 Å². The Morgan fingerprint density at radius 1 is 1.00 bits per heavy atom. The van der Waals surface area contributed by atoms with Crippen molar-refractivity contribution >= 4 is 22.5 Å². The summed E-state index contributed by atoms with van der Waals surface area (Å²) in [6, 6.07) is 12.8. The summed E-state index contributed by atoms with van der Waals surface area (Å²) in [4.78, 5) is 20.6. The van der Waals surface area contributed by atoms with Crippen molar-refractivity contribution in [1.29, 1.82) is 0 Å². The molecule has 0 fully saturated rings. The number of aryl methyl sites for hydroxylation is 1. The molecule has 7 heteroatoms. The minimum atomic E-state index is -0.733. The van der Waals surface area contributed by atoms with Crippen LogP contribution in [0.1, 0.15) is 12.3 Å².